The number of hydrogen-bond donors (Lipinski definition) is 2. The van der Waals surface area contributed by atoms with Crippen LogP contribution in [0.15, 0.2) is 39.9 Å². The fourth-order valence-corrected chi connectivity index (χ4v) is 2.79. The lowest BCUT2D eigenvalue weighted by Crippen LogP contribution is -2.19. The minimum Gasteiger partial charge on any atom is -0.455 e. The number of nitrogen functional groups attached to an aromatic ring is 1. The van der Waals surface area contributed by atoms with Crippen LogP contribution in [0, 0.1) is 6.92 Å². The van der Waals surface area contributed by atoms with Gasteiger partial charge in [0.2, 0.25) is 11.0 Å². The van der Waals surface area contributed by atoms with Crippen molar-refractivity contribution < 1.29 is 9.21 Å². The average Bonchev–Trinajstić information content (AvgIpc) is 3.19. The molecule has 3 rings (SSSR count). The third-order valence-corrected chi connectivity index (χ3v) is 4.42. The van der Waals surface area contributed by atoms with Gasteiger partial charge in [0.05, 0.1) is 12.6 Å². The lowest BCUT2D eigenvalue weighted by molar-refractivity contribution is -0.120. The maximum Gasteiger partial charge on any atom is 0.247 e. The number of aryl methyl sites for hydroxylation is 1. The number of halogens is 1. The van der Waals surface area contributed by atoms with E-state index in [-0.39, 0.29) is 12.3 Å². The predicted molar refractivity (Wildman–Crippen MR) is 97.7 cm³/mol. The molecule has 0 saturated carbocycles. The SMILES string of the molecule is Cc1ccc(-c2ccc(/C=N/NC(=O)Cc3nnc(N)s3)o2)cc1Cl. The van der Waals surface area contributed by atoms with Crippen molar-refractivity contribution in [3.05, 3.63) is 51.7 Å². The smallest absolute Gasteiger partial charge is 0.247 e. The molecule has 2 heterocycles. The number of amides is 1. The number of nitrogens with two attached hydrogens (primary N) is 1. The van der Waals surface area contributed by atoms with Gasteiger partial charge < -0.3 is 10.2 Å². The molecule has 0 fully saturated rings. The first kappa shape index (κ1) is 17.1. The zero-order valence-corrected chi connectivity index (χ0v) is 14.8. The number of carbonyl (C=O) groups is 1. The summed E-state index contributed by atoms with van der Waals surface area (Å²) in [5, 5.41) is 12.8. The Morgan fingerprint density at radius 2 is 2.24 bits per heavy atom. The number of aromatic nitrogens is 2. The van der Waals surface area contributed by atoms with Crippen molar-refractivity contribution in [1.29, 1.82) is 0 Å². The Kier molecular flexibility index (Phi) is 5.11. The van der Waals surface area contributed by atoms with Crippen LogP contribution in [-0.2, 0) is 11.2 Å². The summed E-state index contributed by atoms with van der Waals surface area (Å²) in [4.78, 5) is 11.7. The maximum absolute atomic E-state index is 11.7. The molecule has 9 heteroatoms. The van der Waals surface area contributed by atoms with E-state index in [0.29, 0.717) is 26.7 Å². The Bertz CT molecular complexity index is 934. The summed E-state index contributed by atoms with van der Waals surface area (Å²) in [6.45, 7) is 1.94. The minimum absolute atomic E-state index is 0.0669. The van der Waals surface area contributed by atoms with Crippen LogP contribution in [-0.4, -0.2) is 22.3 Å². The van der Waals surface area contributed by atoms with E-state index < -0.39 is 0 Å². The first-order chi connectivity index (χ1) is 12.0. The van der Waals surface area contributed by atoms with Crippen LogP contribution >= 0.6 is 22.9 Å². The van der Waals surface area contributed by atoms with Gasteiger partial charge in [-0.1, -0.05) is 35.1 Å². The van der Waals surface area contributed by atoms with E-state index in [1.165, 1.54) is 6.21 Å². The van der Waals surface area contributed by atoms with Crippen LogP contribution in [0.5, 0.6) is 0 Å². The molecule has 0 atom stereocenters. The number of furan rings is 1. The number of anilines is 1. The second-order valence-electron chi connectivity index (χ2n) is 5.17. The van der Waals surface area contributed by atoms with Crippen molar-refractivity contribution in [2.75, 3.05) is 5.73 Å². The third kappa shape index (κ3) is 4.43. The first-order valence-corrected chi connectivity index (χ1v) is 8.47. The highest BCUT2D eigenvalue weighted by atomic mass is 35.5. The lowest BCUT2D eigenvalue weighted by atomic mass is 10.1. The van der Waals surface area contributed by atoms with E-state index in [0.717, 1.165) is 22.5 Å². The van der Waals surface area contributed by atoms with Crippen molar-refractivity contribution in [3.63, 3.8) is 0 Å². The van der Waals surface area contributed by atoms with Gasteiger partial charge >= 0.3 is 0 Å². The van der Waals surface area contributed by atoms with Gasteiger partial charge in [-0.15, -0.1) is 10.2 Å². The summed E-state index contributed by atoms with van der Waals surface area (Å²) >= 11 is 7.29. The van der Waals surface area contributed by atoms with Crippen molar-refractivity contribution in [2.24, 2.45) is 5.10 Å². The predicted octanol–water partition coefficient (Wildman–Crippen LogP) is 3.03. The molecule has 128 valence electrons. The molecule has 1 amide bonds. The second-order valence-corrected chi connectivity index (χ2v) is 6.67. The van der Waals surface area contributed by atoms with E-state index in [1.807, 2.05) is 31.2 Å². The Morgan fingerprint density at radius 3 is 2.96 bits per heavy atom. The van der Waals surface area contributed by atoms with Gasteiger partial charge in [-0.25, -0.2) is 5.43 Å². The molecule has 0 aliphatic heterocycles. The number of benzene rings is 1. The van der Waals surface area contributed by atoms with Crippen molar-refractivity contribution in [3.8, 4) is 11.3 Å². The Morgan fingerprint density at radius 1 is 1.40 bits per heavy atom. The van der Waals surface area contributed by atoms with Crippen molar-refractivity contribution in [1.82, 2.24) is 15.6 Å². The summed E-state index contributed by atoms with van der Waals surface area (Å²) in [5.41, 5.74) is 9.73. The Balaban J connectivity index is 1.59. The number of hydrogen-bond acceptors (Lipinski definition) is 7. The van der Waals surface area contributed by atoms with Crippen molar-refractivity contribution in [2.45, 2.75) is 13.3 Å². The van der Waals surface area contributed by atoms with E-state index >= 15 is 0 Å². The Hall–Kier alpha value is -2.71. The monoisotopic (exact) mass is 375 g/mol. The molecule has 2 aromatic heterocycles. The molecule has 25 heavy (non-hydrogen) atoms. The largest absolute Gasteiger partial charge is 0.455 e. The standard InChI is InChI=1S/C16H14ClN5O2S/c1-9-2-3-10(6-12(9)17)13-5-4-11(24-13)8-19-20-14(23)7-15-21-22-16(18)25-15/h2-6,8H,7H2,1H3,(H2,18,22)(H,20,23)/b19-8+. The van der Waals surface area contributed by atoms with E-state index in [9.17, 15) is 4.79 Å². The van der Waals surface area contributed by atoms with E-state index in [1.54, 1.807) is 6.07 Å². The molecule has 0 unspecified atom stereocenters. The van der Waals surface area contributed by atoms with Crippen LogP contribution in [0.1, 0.15) is 16.3 Å². The average molecular weight is 376 g/mol. The molecule has 1 aromatic carbocycles. The molecule has 0 aliphatic rings. The van der Waals surface area contributed by atoms with Crippen LogP contribution in [0.3, 0.4) is 0 Å². The normalized spacial score (nSPS) is 11.1. The lowest BCUT2D eigenvalue weighted by Gasteiger charge is -2.00. The molecule has 0 radical (unpaired) electrons. The first-order valence-electron chi connectivity index (χ1n) is 7.27. The summed E-state index contributed by atoms with van der Waals surface area (Å²) in [6, 6.07) is 9.26. The summed E-state index contributed by atoms with van der Waals surface area (Å²) in [6.07, 6.45) is 1.49. The Labute approximate surface area is 152 Å². The summed E-state index contributed by atoms with van der Waals surface area (Å²) < 4.78 is 5.67. The number of nitrogens with one attached hydrogen (secondary N) is 1. The molecular weight excluding hydrogens is 362 g/mol. The molecule has 0 aliphatic carbocycles. The van der Waals surface area contributed by atoms with Gasteiger partial charge in [-0.05, 0) is 30.7 Å². The zero-order valence-electron chi connectivity index (χ0n) is 13.2. The van der Waals surface area contributed by atoms with Gasteiger partial charge in [0, 0.05) is 10.6 Å². The summed E-state index contributed by atoms with van der Waals surface area (Å²) in [7, 11) is 0. The van der Waals surface area contributed by atoms with Gasteiger partial charge in [-0.3, -0.25) is 4.79 Å². The van der Waals surface area contributed by atoms with Gasteiger partial charge in [0.25, 0.3) is 0 Å². The van der Waals surface area contributed by atoms with Gasteiger partial charge in [-0.2, -0.15) is 5.10 Å². The third-order valence-electron chi connectivity index (χ3n) is 3.26. The van der Waals surface area contributed by atoms with E-state index in [2.05, 4.69) is 20.7 Å². The number of rotatable bonds is 5. The molecule has 0 saturated heterocycles. The van der Waals surface area contributed by atoms with Crippen LogP contribution in [0.2, 0.25) is 5.02 Å². The molecule has 0 bridgehead atoms. The molecule has 3 N–H and O–H groups in total. The topological polar surface area (TPSA) is 106 Å². The number of hydrazone groups is 1. The zero-order chi connectivity index (χ0) is 17.8. The maximum atomic E-state index is 11.7. The van der Waals surface area contributed by atoms with Crippen LogP contribution in [0.25, 0.3) is 11.3 Å². The van der Waals surface area contributed by atoms with Crippen molar-refractivity contribution >= 4 is 40.2 Å². The van der Waals surface area contributed by atoms with Gasteiger partial charge in [0.1, 0.15) is 16.5 Å². The molecular formula is C16H14ClN5O2S. The quantitative estimate of drug-likeness (QED) is 0.526. The summed E-state index contributed by atoms with van der Waals surface area (Å²) in [5.74, 6) is 0.857. The fourth-order valence-electron chi connectivity index (χ4n) is 2.01. The number of nitrogens with zero attached hydrogens (tertiary/aromatic N) is 3. The second kappa shape index (κ2) is 7.45. The van der Waals surface area contributed by atoms with Crippen LogP contribution < -0.4 is 11.2 Å². The molecule has 7 nitrogen and oxygen atoms in total. The van der Waals surface area contributed by atoms with Gasteiger partial charge in [0.15, 0.2) is 0 Å². The number of carbonyl (C=O) groups excluding carboxylic acids is 1. The molecule has 0 spiro atoms. The van der Waals surface area contributed by atoms with Crippen LogP contribution in [0.4, 0.5) is 5.13 Å². The molecule has 3 aromatic rings. The highest BCUT2D eigenvalue weighted by Crippen LogP contribution is 2.26. The fraction of sp³-hybridized carbons (Fsp3) is 0.125. The minimum atomic E-state index is -0.315. The van der Waals surface area contributed by atoms with E-state index in [4.69, 9.17) is 21.8 Å². The highest BCUT2D eigenvalue weighted by molar-refractivity contribution is 7.15. The highest BCUT2D eigenvalue weighted by Gasteiger charge is 2.08.